The fourth-order valence-electron chi connectivity index (χ4n) is 4.37. The van der Waals surface area contributed by atoms with Gasteiger partial charge in [-0.05, 0) is 35.3 Å². The van der Waals surface area contributed by atoms with E-state index in [9.17, 15) is 0 Å². The SMILES string of the molecule is CC(C)(C)c1ccc([C@@H](C2CCCCC2)N2CCNCC2)cc1.Cl.Cl. The lowest BCUT2D eigenvalue weighted by atomic mass is 9.79. The van der Waals surface area contributed by atoms with Gasteiger partial charge in [-0.2, -0.15) is 0 Å². The molecule has 1 aliphatic heterocycles. The number of piperazine rings is 1. The van der Waals surface area contributed by atoms with Crippen molar-refractivity contribution >= 4 is 24.8 Å². The number of hydrogen-bond donors (Lipinski definition) is 1. The van der Waals surface area contributed by atoms with Crippen LogP contribution in [-0.4, -0.2) is 31.1 Å². The largest absolute Gasteiger partial charge is 0.314 e. The first-order chi connectivity index (χ1) is 11.1. The second kappa shape index (κ2) is 10.2. The molecule has 25 heavy (non-hydrogen) atoms. The first-order valence-electron chi connectivity index (χ1n) is 9.61. The number of benzene rings is 1. The normalized spacial score (nSPS) is 21.1. The molecule has 0 radical (unpaired) electrons. The molecule has 0 bridgehead atoms. The van der Waals surface area contributed by atoms with E-state index in [1.807, 2.05) is 0 Å². The molecule has 1 atom stereocenters. The molecule has 1 saturated heterocycles. The molecule has 1 aromatic rings. The summed E-state index contributed by atoms with van der Waals surface area (Å²) in [6, 6.07) is 10.2. The topological polar surface area (TPSA) is 15.3 Å². The standard InChI is InChI=1S/C21H34N2.2ClH/c1-21(2,3)19-11-9-18(10-12-19)20(17-7-5-4-6-8-17)23-15-13-22-14-16-23;;/h9-12,17,20,22H,4-8,13-16H2,1-3H3;2*1H/t20-;;/m1../s1. The Balaban J connectivity index is 0.00000156. The van der Waals surface area contributed by atoms with Crippen LogP contribution in [-0.2, 0) is 5.41 Å². The van der Waals surface area contributed by atoms with Gasteiger partial charge < -0.3 is 5.32 Å². The summed E-state index contributed by atoms with van der Waals surface area (Å²) < 4.78 is 0. The van der Waals surface area contributed by atoms with Crippen molar-refractivity contribution in [2.75, 3.05) is 26.2 Å². The molecule has 1 heterocycles. The number of nitrogens with zero attached hydrogens (tertiary/aromatic N) is 1. The fraction of sp³-hybridized carbons (Fsp3) is 0.714. The van der Waals surface area contributed by atoms with Crippen LogP contribution in [0.2, 0.25) is 0 Å². The Morgan fingerprint density at radius 3 is 2.00 bits per heavy atom. The summed E-state index contributed by atoms with van der Waals surface area (Å²) in [7, 11) is 0. The van der Waals surface area contributed by atoms with Gasteiger partial charge in [0.2, 0.25) is 0 Å². The van der Waals surface area contributed by atoms with Crippen LogP contribution < -0.4 is 5.32 Å². The Bertz CT molecular complexity index is 466. The first kappa shape index (κ1) is 22.8. The van der Waals surface area contributed by atoms with Crippen molar-refractivity contribution in [2.45, 2.75) is 64.3 Å². The molecule has 0 amide bonds. The molecule has 0 spiro atoms. The van der Waals surface area contributed by atoms with Gasteiger partial charge in [-0.15, -0.1) is 24.8 Å². The van der Waals surface area contributed by atoms with Crippen molar-refractivity contribution in [1.29, 1.82) is 0 Å². The second-order valence-corrected chi connectivity index (χ2v) is 8.50. The zero-order chi connectivity index (χ0) is 16.3. The maximum absolute atomic E-state index is 3.51. The Morgan fingerprint density at radius 1 is 0.920 bits per heavy atom. The van der Waals surface area contributed by atoms with Gasteiger partial charge in [0.25, 0.3) is 0 Å². The van der Waals surface area contributed by atoms with Crippen molar-refractivity contribution < 1.29 is 0 Å². The summed E-state index contributed by atoms with van der Waals surface area (Å²) in [5, 5.41) is 3.51. The zero-order valence-corrected chi connectivity index (χ0v) is 17.7. The van der Waals surface area contributed by atoms with Crippen LogP contribution in [0.5, 0.6) is 0 Å². The third kappa shape index (κ3) is 5.85. The van der Waals surface area contributed by atoms with Crippen molar-refractivity contribution in [3.63, 3.8) is 0 Å². The molecule has 4 heteroatoms. The van der Waals surface area contributed by atoms with Gasteiger partial charge in [-0.3, -0.25) is 4.90 Å². The van der Waals surface area contributed by atoms with Crippen molar-refractivity contribution in [3.8, 4) is 0 Å². The van der Waals surface area contributed by atoms with Gasteiger partial charge in [-0.25, -0.2) is 0 Å². The summed E-state index contributed by atoms with van der Waals surface area (Å²) in [5.74, 6) is 0.849. The average molecular weight is 387 g/mol. The van der Waals surface area contributed by atoms with E-state index in [0.717, 1.165) is 19.0 Å². The Kier molecular flexibility index (Phi) is 9.25. The molecular weight excluding hydrogens is 351 g/mol. The van der Waals surface area contributed by atoms with E-state index in [2.05, 4.69) is 55.3 Å². The van der Waals surface area contributed by atoms with Crippen LogP contribution in [0.15, 0.2) is 24.3 Å². The molecule has 1 saturated carbocycles. The number of nitrogens with one attached hydrogen (secondary N) is 1. The van der Waals surface area contributed by atoms with E-state index < -0.39 is 0 Å². The molecule has 0 unspecified atom stereocenters. The molecule has 144 valence electrons. The van der Waals surface area contributed by atoms with E-state index in [1.165, 1.54) is 50.8 Å². The number of rotatable bonds is 3. The van der Waals surface area contributed by atoms with Gasteiger partial charge >= 0.3 is 0 Å². The third-order valence-electron chi connectivity index (χ3n) is 5.76. The van der Waals surface area contributed by atoms with Crippen LogP contribution in [0, 0.1) is 5.92 Å². The second-order valence-electron chi connectivity index (χ2n) is 8.50. The predicted octanol–water partition coefficient (Wildman–Crippen LogP) is 5.35. The summed E-state index contributed by atoms with van der Waals surface area (Å²) in [6.45, 7) is 11.6. The minimum Gasteiger partial charge on any atom is -0.314 e. The van der Waals surface area contributed by atoms with Gasteiger partial charge in [-0.1, -0.05) is 64.3 Å². The highest BCUT2D eigenvalue weighted by Gasteiger charge is 2.31. The highest BCUT2D eigenvalue weighted by molar-refractivity contribution is 5.85. The third-order valence-corrected chi connectivity index (χ3v) is 5.76. The van der Waals surface area contributed by atoms with Gasteiger partial charge in [0.05, 0.1) is 0 Å². The van der Waals surface area contributed by atoms with Gasteiger partial charge in [0.1, 0.15) is 0 Å². The smallest absolute Gasteiger partial charge is 0.0377 e. The van der Waals surface area contributed by atoms with Gasteiger partial charge in [0, 0.05) is 32.2 Å². The summed E-state index contributed by atoms with van der Waals surface area (Å²) in [6.07, 6.45) is 7.11. The van der Waals surface area contributed by atoms with Crippen LogP contribution >= 0.6 is 24.8 Å². The minimum atomic E-state index is 0. The summed E-state index contributed by atoms with van der Waals surface area (Å²) in [4.78, 5) is 2.75. The molecule has 2 fully saturated rings. The number of hydrogen-bond acceptors (Lipinski definition) is 2. The minimum absolute atomic E-state index is 0. The summed E-state index contributed by atoms with van der Waals surface area (Å²) >= 11 is 0. The van der Waals surface area contributed by atoms with E-state index in [1.54, 1.807) is 5.56 Å². The number of halogens is 2. The van der Waals surface area contributed by atoms with Crippen molar-refractivity contribution in [3.05, 3.63) is 35.4 Å². The Hall–Kier alpha value is -0.280. The van der Waals surface area contributed by atoms with Crippen molar-refractivity contribution in [2.24, 2.45) is 5.92 Å². The molecule has 2 aliphatic rings. The van der Waals surface area contributed by atoms with E-state index in [0.29, 0.717) is 6.04 Å². The fourth-order valence-corrected chi connectivity index (χ4v) is 4.37. The Labute approximate surface area is 167 Å². The zero-order valence-electron chi connectivity index (χ0n) is 16.1. The maximum Gasteiger partial charge on any atom is 0.0377 e. The summed E-state index contributed by atoms with van der Waals surface area (Å²) in [5.41, 5.74) is 3.24. The van der Waals surface area contributed by atoms with Crippen LogP contribution in [0.3, 0.4) is 0 Å². The maximum atomic E-state index is 3.51. The van der Waals surface area contributed by atoms with Gasteiger partial charge in [0.15, 0.2) is 0 Å². The van der Waals surface area contributed by atoms with Crippen LogP contribution in [0.1, 0.15) is 70.0 Å². The lowest BCUT2D eigenvalue weighted by Crippen LogP contribution is -2.47. The predicted molar refractivity (Wildman–Crippen MR) is 113 cm³/mol. The quantitative estimate of drug-likeness (QED) is 0.752. The molecule has 0 aromatic heterocycles. The highest BCUT2D eigenvalue weighted by atomic mass is 35.5. The average Bonchev–Trinajstić information content (AvgIpc) is 2.57. The lowest BCUT2D eigenvalue weighted by molar-refractivity contribution is 0.103. The molecule has 1 N–H and O–H groups in total. The van der Waals surface area contributed by atoms with E-state index >= 15 is 0 Å². The molecule has 1 aliphatic carbocycles. The van der Waals surface area contributed by atoms with E-state index in [-0.39, 0.29) is 30.2 Å². The van der Waals surface area contributed by atoms with Crippen LogP contribution in [0.25, 0.3) is 0 Å². The van der Waals surface area contributed by atoms with Crippen LogP contribution in [0.4, 0.5) is 0 Å². The molecular formula is C21H36Cl2N2. The molecule has 3 rings (SSSR count). The monoisotopic (exact) mass is 386 g/mol. The Morgan fingerprint density at radius 2 is 1.48 bits per heavy atom. The lowest BCUT2D eigenvalue weighted by Gasteiger charge is -2.41. The molecule has 2 nitrogen and oxygen atoms in total. The van der Waals surface area contributed by atoms with Crippen molar-refractivity contribution in [1.82, 2.24) is 10.2 Å². The highest BCUT2D eigenvalue weighted by Crippen LogP contribution is 2.39. The van der Waals surface area contributed by atoms with E-state index in [4.69, 9.17) is 0 Å². The molecule has 1 aromatic carbocycles. The first-order valence-corrected chi connectivity index (χ1v) is 9.61.